The summed E-state index contributed by atoms with van der Waals surface area (Å²) >= 11 is 0. The zero-order valence-corrected chi connectivity index (χ0v) is 10.7. The molecule has 0 aromatic heterocycles. The second-order valence-electron chi connectivity index (χ2n) is 4.84. The molecule has 0 aliphatic carbocycles. The molecule has 0 saturated heterocycles. The lowest BCUT2D eigenvalue weighted by atomic mass is 9.87. The maximum Gasteiger partial charge on any atom is 0.531 e. The van der Waals surface area contributed by atoms with Gasteiger partial charge in [-0.1, -0.05) is 32.9 Å². The molecule has 0 bridgehead atoms. The third kappa shape index (κ3) is 3.39. The Labute approximate surface area is 106 Å². The second-order valence-corrected chi connectivity index (χ2v) is 4.84. The molecule has 18 heavy (non-hydrogen) atoms. The average Bonchev–Trinajstić information content (AvgIpc) is 2.39. The molecular formula is C13H16N2O3. The van der Waals surface area contributed by atoms with Crippen molar-refractivity contribution in [1.29, 1.82) is 5.26 Å². The van der Waals surface area contributed by atoms with Crippen LogP contribution in [0.5, 0.6) is 0 Å². The van der Waals surface area contributed by atoms with Crippen LogP contribution >= 0.6 is 0 Å². The minimum absolute atomic E-state index is 0.199. The van der Waals surface area contributed by atoms with E-state index in [1.807, 2.05) is 20.8 Å². The highest BCUT2D eigenvalue weighted by atomic mass is 16.8. The van der Waals surface area contributed by atoms with Gasteiger partial charge in [0, 0.05) is 11.6 Å². The van der Waals surface area contributed by atoms with Crippen molar-refractivity contribution >= 4 is 6.16 Å². The summed E-state index contributed by atoms with van der Waals surface area (Å²) in [6, 6.07) is 2.07. The van der Waals surface area contributed by atoms with Crippen molar-refractivity contribution in [3.05, 3.63) is 35.7 Å². The number of hydrogen-bond acceptors (Lipinski definition) is 4. The summed E-state index contributed by atoms with van der Waals surface area (Å²) in [6.45, 7) is 5.81. The summed E-state index contributed by atoms with van der Waals surface area (Å²) in [6.07, 6.45) is 5.55. The van der Waals surface area contributed by atoms with Crippen LogP contribution in [0.1, 0.15) is 27.2 Å². The number of nitrogens with zero attached hydrogens (tertiary/aromatic N) is 2. The van der Waals surface area contributed by atoms with Gasteiger partial charge in [0.05, 0.1) is 18.2 Å². The van der Waals surface area contributed by atoms with E-state index in [0.29, 0.717) is 5.70 Å². The van der Waals surface area contributed by atoms with Gasteiger partial charge in [0.1, 0.15) is 0 Å². The van der Waals surface area contributed by atoms with Crippen molar-refractivity contribution < 1.29 is 14.7 Å². The first-order chi connectivity index (χ1) is 8.36. The van der Waals surface area contributed by atoms with E-state index in [1.54, 1.807) is 18.2 Å². The maximum absolute atomic E-state index is 10.7. The molecule has 1 aliphatic rings. The first-order valence-electron chi connectivity index (χ1n) is 5.52. The van der Waals surface area contributed by atoms with Crippen molar-refractivity contribution in [2.24, 2.45) is 5.41 Å². The van der Waals surface area contributed by atoms with Crippen molar-refractivity contribution in [2.45, 2.75) is 27.2 Å². The van der Waals surface area contributed by atoms with Crippen molar-refractivity contribution in [2.75, 3.05) is 0 Å². The van der Waals surface area contributed by atoms with E-state index >= 15 is 0 Å². The van der Waals surface area contributed by atoms with Crippen LogP contribution in [0, 0.1) is 16.7 Å². The largest absolute Gasteiger partial charge is 0.531 e. The summed E-state index contributed by atoms with van der Waals surface area (Å²) in [5.74, 6) is 0. The number of hydroxylamine groups is 2. The molecule has 5 heteroatoms. The van der Waals surface area contributed by atoms with Gasteiger partial charge in [-0.15, -0.1) is 0 Å². The van der Waals surface area contributed by atoms with Crippen molar-refractivity contribution in [3.8, 4) is 6.07 Å². The van der Waals surface area contributed by atoms with Gasteiger partial charge in [-0.25, -0.2) is 4.79 Å². The van der Waals surface area contributed by atoms with E-state index in [-0.39, 0.29) is 11.8 Å². The molecule has 0 unspecified atom stereocenters. The molecule has 1 N–H and O–H groups in total. The highest BCUT2D eigenvalue weighted by Gasteiger charge is 2.28. The molecule has 0 saturated carbocycles. The summed E-state index contributed by atoms with van der Waals surface area (Å²) < 4.78 is 0. The number of hydrogen-bond donors (Lipinski definition) is 1. The van der Waals surface area contributed by atoms with Crippen molar-refractivity contribution in [1.82, 2.24) is 5.06 Å². The summed E-state index contributed by atoms with van der Waals surface area (Å²) in [7, 11) is 0. The lowest BCUT2D eigenvalue weighted by molar-refractivity contribution is -0.0680. The fourth-order valence-corrected chi connectivity index (χ4v) is 1.79. The Morgan fingerprint density at radius 2 is 2.17 bits per heavy atom. The third-order valence-corrected chi connectivity index (χ3v) is 2.31. The van der Waals surface area contributed by atoms with Crippen LogP contribution in [0.4, 0.5) is 4.79 Å². The molecule has 0 fully saturated rings. The zero-order valence-electron chi connectivity index (χ0n) is 10.7. The maximum atomic E-state index is 10.7. The van der Waals surface area contributed by atoms with Crippen LogP contribution in [-0.2, 0) is 4.84 Å². The van der Waals surface area contributed by atoms with Crippen LogP contribution < -0.4 is 0 Å². The van der Waals surface area contributed by atoms with Gasteiger partial charge in [-0.3, -0.25) is 0 Å². The fourth-order valence-electron chi connectivity index (χ4n) is 1.79. The Balaban J connectivity index is 3.28. The minimum atomic E-state index is -1.39. The Bertz CT molecular complexity index is 462. The highest BCUT2D eigenvalue weighted by molar-refractivity contribution is 5.57. The quantitative estimate of drug-likeness (QED) is 0.812. The number of carbonyl (C=O) groups is 1. The lowest BCUT2D eigenvalue weighted by Gasteiger charge is -2.31. The predicted molar refractivity (Wildman–Crippen MR) is 65.9 cm³/mol. The number of rotatable bonds is 2. The summed E-state index contributed by atoms with van der Waals surface area (Å²) in [5, 5.41) is 18.8. The van der Waals surface area contributed by atoms with Crippen LogP contribution in [-0.4, -0.2) is 16.3 Å². The van der Waals surface area contributed by atoms with Crippen LogP contribution in [0.2, 0.25) is 0 Å². The molecule has 1 aliphatic heterocycles. The SMILES string of the molecule is CC(C)(C)C1=C(CC#N)C=CC=CN1OC(=O)O. The van der Waals surface area contributed by atoms with Gasteiger partial charge < -0.3 is 9.94 Å². The standard InChI is InChI=1S/C13H16N2O3/c1-13(2,3)11-10(7-8-14)6-4-5-9-15(11)18-12(16)17/h4-6,9H,7H2,1-3H3,(H,16,17). The van der Waals surface area contributed by atoms with Gasteiger partial charge in [-0.05, 0) is 11.6 Å². The molecule has 0 atom stereocenters. The molecule has 1 heterocycles. The first kappa shape index (κ1) is 13.8. The minimum Gasteiger partial charge on any atom is -0.448 e. The Morgan fingerprint density at radius 3 is 2.67 bits per heavy atom. The number of nitriles is 1. The van der Waals surface area contributed by atoms with Gasteiger partial charge >= 0.3 is 6.16 Å². The van der Waals surface area contributed by atoms with Gasteiger partial charge in [0.25, 0.3) is 0 Å². The van der Waals surface area contributed by atoms with Gasteiger partial charge in [0.15, 0.2) is 0 Å². The molecule has 0 aromatic rings. The lowest BCUT2D eigenvalue weighted by Crippen LogP contribution is -2.29. The highest BCUT2D eigenvalue weighted by Crippen LogP contribution is 2.34. The van der Waals surface area contributed by atoms with Crippen molar-refractivity contribution in [3.63, 3.8) is 0 Å². The number of allylic oxidation sites excluding steroid dienone is 5. The molecule has 96 valence electrons. The smallest absolute Gasteiger partial charge is 0.448 e. The molecule has 1 rings (SSSR count). The molecule has 0 spiro atoms. The summed E-state index contributed by atoms with van der Waals surface area (Å²) in [5.41, 5.74) is 1.06. The van der Waals surface area contributed by atoms with E-state index in [9.17, 15) is 4.79 Å². The van der Waals surface area contributed by atoms with E-state index in [2.05, 4.69) is 6.07 Å². The Kier molecular flexibility index (Phi) is 4.16. The fraction of sp³-hybridized carbons (Fsp3) is 0.385. The van der Waals surface area contributed by atoms with E-state index in [1.165, 1.54) is 11.3 Å². The third-order valence-electron chi connectivity index (χ3n) is 2.31. The zero-order chi connectivity index (χ0) is 13.8. The van der Waals surface area contributed by atoms with E-state index in [0.717, 1.165) is 5.57 Å². The molecule has 0 radical (unpaired) electrons. The average molecular weight is 248 g/mol. The van der Waals surface area contributed by atoms with Gasteiger partial charge in [0.2, 0.25) is 0 Å². The Hall–Kier alpha value is -2.22. The van der Waals surface area contributed by atoms with Crippen LogP contribution in [0.25, 0.3) is 0 Å². The van der Waals surface area contributed by atoms with E-state index in [4.69, 9.17) is 15.2 Å². The van der Waals surface area contributed by atoms with E-state index < -0.39 is 6.16 Å². The number of carboxylic acid groups (broad SMARTS) is 1. The predicted octanol–water partition coefficient (Wildman–Crippen LogP) is 3.20. The Morgan fingerprint density at radius 1 is 1.50 bits per heavy atom. The monoisotopic (exact) mass is 248 g/mol. The molecule has 0 aromatic carbocycles. The second kappa shape index (κ2) is 5.41. The summed E-state index contributed by atoms with van der Waals surface area (Å²) in [4.78, 5) is 15.5. The van der Waals surface area contributed by atoms with Crippen LogP contribution in [0.15, 0.2) is 35.7 Å². The topological polar surface area (TPSA) is 73.6 Å². The normalized spacial score (nSPS) is 15.3. The molecule has 0 amide bonds. The van der Waals surface area contributed by atoms with Gasteiger partial charge in [-0.2, -0.15) is 10.3 Å². The molecular weight excluding hydrogens is 232 g/mol. The molecule has 5 nitrogen and oxygen atoms in total. The van der Waals surface area contributed by atoms with Crippen LogP contribution in [0.3, 0.4) is 0 Å². The first-order valence-corrected chi connectivity index (χ1v) is 5.52.